The standard InChI is InChI=1S/C22H29F2N5O3/c1-31-7-6-28-2-4-29(5-3-28)21(30)13-25-20-10-17(20)18-8-16(23)9-19(24)22(18)32-14-15-11-26-27-12-15/h8-9,11-12,17,20,25H,2-7,10,13-14H2,1H3,(H,26,27). The number of hydrogen-bond acceptors (Lipinski definition) is 6. The van der Waals surface area contributed by atoms with E-state index in [1.807, 2.05) is 4.90 Å². The first kappa shape index (κ1) is 22.6. The normalized spacial score (nSPS) is 21.0. The Morgan fingerprint density at radius 2 is 2.09 bits per heavy atom. The van der Waals surface area contributed by atoms with Crippen molar-refractivity contribution in [1.29, 1.82) is 0 Å². The van der Waals surface area contributed by atoms with E-state index in [1.165, 1.54) is 6.07 Å². The summed E-state index contributed by atoms with van der Waals surface area (Å²) in [6.45, 7) is 4.96. The Balaban J connectivity index is 1.28. The number of aromatic nitrogens is 2. The van der Waals surface area contributed by atoms with Crippen LogP contribution >= 0.6 is 0 Å². The van der Waals surface area contributed by atoms with Crippen molar-refractivity contribution in [2.75, 3.05) is 53.0 Å². The van der Waals surface area contributed by atoms with Gasteiger partial charge in [-0.1, -0.05) is 0 Å². The average Bonchev–Trinajstić information content (AvgIpc) is 3.38. The molecule has 1 aliphatic heterocycles. The third kappa shape index (κ3) is 5.62. The van der Waals surface area contributed by atoms with Gasteiger partial charge in [-0.2, -0.15) is 5.10 Å². The van der Waals surface area contributed by atoms with Crippen LogP contribution in [0.1, 0.15) is 23.5 Å². The van der Waals surface area contributed by atoms with Gasteiger partial charge in [0.2, 0.25) is 5.91 Å². The van der Waals surface area contributed by atoms with Crippen LogP contribution in [0.3, 0.4) is 0 Å². The maximum Gasteiger partial charge on any atom is 0.236 e. The molecular formula is C22H29F2N5O3. The van der Waals surface area contributed by atoms with E-state index in [4.69, 9.17) is 9.47 Å². The topological polar surface area (TPSA) is 82.7 Å². The number of carbonyl (C=O) groups excluding carboxylic acids is 1. The van der Waals surface area contributed by atoms with Crippen molar-refractivity contribution in [3.63, 3.8) is 0 Å². The molecule has 10 heteroatoms. The van der Waals surface area contributed by atoms with E-state index in [9.17, 15) is 13.6 Å². The molecule has 2 unspecified atom stereocenters. The summed E-state index contributed by atoms with van der Waals surface area (Å²) >= 11 is 0. The summed E-state index contributed by atoms with van der Waals surface area (Å²) in [7, 11) is 1.68. The second-order valence-corrected chi connectivity index (χ2v) is 8.25. The van der Waals surface area contributed by atoms with Gasteiger partial charge in [0.15, 0.2) is 11.6 Å². The summed E-state index contributed by atoms with van der Waals surface area (Å²) in [6.07, 6.45) is 3.94. The summed E-state index contributed by atoms with van der Waals surface area (Å²) in [6, 6.07) is 2.13. The molecule has 2 fully saturated rings. The second-order valence-electron chi connectivity index (χ2n) is 8.25. The van der Waals surface area contributed by atoms with Gasteiger partial charge in [-0.25, -0.2) is 8.78 Å². The van der Waals surface area contributed by atoms with Crippen LogP contribution in [0, 0.1) is 11.6 Å². The molecule has 0 bridgehead atoms. The van der Waals surface area contributed by atoms with Gasteiger partial charge in [-0.3, -0.25) is 14.8 Å². The van der Waals surface area contributed by atoms with Crippen molar-refractivity contribution in [2.24, 2.45) is 0 Å². The molecule has 174 valence electrons. The Morgan fingerprint density at radius 3 is 2.81 bits per heavy atom. The number of methoxy groups -OCH3 is 1. The van der Waals surface area contributed by atoms with E-state index >= 15 is 0 Å². The third-order valence-electron chi connectivity index (χ3n) is 6.02. The minimum absolute atomic E-state index is 0.0144. The first-order valence-corrected chi connectivity index (χ1v) is 10.9. The van der Waals surface area contributed by atoms with Crippen molar-refractivity contribution in [2.45, 2.75) is 25.0 Å². The molecule has 2 N–H and O–H groups in total. The average molecular weight is 450 g/mol. The van der Waals surface area contributed by atoms with Crippen LogP contribution in [0.4, 0.5) is 8.78 Å². The van der Waals surface area contributed by atoms with E-state index in [2.05, 4.69) is 20.4 Å². The number of carbonyl (C=O) groups is 1. The number of amides is 1. The van der Waals surface area contributed by atoms with Crippen LogP contribution in [0.2, 0.25) is 0 Å². The molecule has 8 nitrogen and oxygen atoms in total. The summed E-state index contributed by atoms with van der Waals surface area (Å²) in [5.41, 5.74) is 1.25. The highest BCUT2D eigenvalue weighted by Gasteiger charge is 2.41. The molecule has 2 aliphatic rings. The molecule has 1 saturated carbocycles. The zero-order valence-electron chi connectivity index (χ0n) is 18.2. The molecule has 32 heavy (non-hydrogen) atoms. The lowest BCUT2D eigenvalue weighted by Gasteiger charge is -2.34. The zero-order chi connectivity index (χ0) is 22.5. The monoisotopic (exact) mass is 449 g/mol. The minimum Gasteiger partial charge on any atom is -0.485 e. The van der Waals surface area contributed by atoms with Gasteiger partial charge in [0.05, 0.1) is 19.3 Å². The Hall–Kier alpha value is -2.56. The van der Waals surface area contributed by atoms with E-state index in [0.29, 0.717) is 31.7 Å². The summed E-state index contributed by atoms with van der Waals surface area (Å²) < 4.78 is 39.1. The summed E-state index contributed by atoms with van der Waals surface area (Å²) in [5.74, 6) is -1.36. The molecule has 2 aromatic rings. The number of benzene rings is 1. The van der Waals surface area contributed by atoms with Crippen molar-refractivity contribution in [3.05, 3.63) is 47.3 Å². The van der Waals surface area contributed by atoms with E-state index in [0.717, 1.165) is 31.3 Å². The van der Waals surface area contributed by atoms with Gasteiger partial charge in [0.1, 0.15) is 12.4 Å². The predicted octanol–water partition coefficient (Wildman–Crippen LogP) is 1.50. The van der Waals surface area contributed by atoms with Crippen LogP contribution in [-0.4, -0.2) is 84.9 Å². The fourth-order valence-corrected chi connectivity index (χ4v) is 4.06. The maximum atomic E-state index is 14.4. The van der Waals surface area contributed by atoms with Crippen molar-refractivity contribution < 1.29 is 23.0 Å². The lowest BCUT2D eigenvalue weighted by molar-refractivity contribution is -0.132. The quantitative estimate of drug-likeness (QED) is 0.572. The molecule has 1 aromatic carbocycles. The first-order valence-electron chi connectivity index (χ1n) is 10.9. The largest absolute Gasteiger partial charge is 0.485 e. The first-order chi connectivity index (χ1) is 15.5. The van der Waals surface area contributed by atoms with Crippen LogP contribution in [0.25, 0.3) is 0 Å². The molecule has 0 radical (unpaired) electrons. The molecular weight excluding hydrogens is 420 g/mol. The summed E-state index contributed by atoms with van der Waals surface area (Å²) in [5, 5.41) is 9.75. The highest BCUT2D eigenvalue weighted by atomic mass is 19.1. The zero-order valence-corrected chi connectivity index (χ0v) is 18.2. The van der Waals surface area contributed by atoms with Crippen LogP contribution in [-0.2, 0) is 16.1 Å². The lowest BCUT2D eigenvalue weighted by Crippen LogP contribution is -2.51. The van der Waals surface area contributed by atoms with Gasteiger partial charge < -0.3 is 19.7 Å². The molecule has 4 rings (SSSR count). The van der Waals surface area contributed by atoms with Crippen LogP contribution in [0.15, 0.2) is 24.5 Å². The lowest BCUT2D eigenvalue weighted by atomic mass is 10.1. The van der Waals surface area contributed by atoms with Crippen molar-refractivity contribution in [1.82, 2.24) is 25.3 Å². The molecule has 0 spiro atoms. The number of ether oxygens (including phenoxy) is 2. The number of rotatable bonds is 10. The highest BCUT2D eigenvalue weighted by molar-refractivity contribution is 5.78. The summed E-state index contributed by atoms with van der Waals surface area (Å²) in [4.78, 5) is 16.7. The Morgan fingerprint density at radius 1 is 1.28 bits per heavy atom. The number of halogens is 2. The van der Waals surface area contributed by atoms with Crippen LogP contribution in [0.5, 0.6) is 5.75 Å². The number of piperazine rings is 1. The minimum atomic E-state index is -0.725. The molecule has 1 aliphatic carbocycles. The van der Waals surface area contributed by atoms with Gasteiger partial charge >= 0.3 is 0 Å². The van der Waals surface area contributed by atoms with E-state index in [1.54, 1.807) is 19.5 Å². The van der Waals surface area contributed by atoms with Gasteiger partial charge in [-0.05, 0) is 12.5 Å². The van der Waals surface area contributed by atoms with Gasteiger partial charge in [0, 0.05) is 75.2 Å². The Bertz CT molecular complexity index is 903. The van der Waals surface area contributed by atoms with Crippen LogP contribution < -0.4 is 10.1 Å². The Kier molecular flexibility index (Phi) is 7.33. The third-order valence-corrected chi connectivity index (χ3v) is 6.02. The number of aromatic amines is 1. The number of hydrogen-bond donors (Lipinski definition) is 2. The predicted molar refractivity (Wildman–Crippen MR) is 113 cm³/mol. The Labute approximate surface area is 185 Å². The van der Waals surface area contributed by atoms with E-state index < -0.39 is 11.6 Å². The van der Waals surface area contributed by atoms with Crippen molar-refractivity contribution in [3.8, 4) is 5.75 Å². The fourth-order valence-electron chi connectivity index (χ4n) is 4.06. The molecule has 1 saturated heterocycles. The number of H-pyrrole nitrogens is 1. The smallest absolute Gasteiger partial charge is 0.236 e. The second kappa shape index (κ2) is 10.4. The van der Waals surface area contributed by atoms with E-state index in [-0.39, 0.29) is 36.8 Å². The molecule has 1 amide bonds. The number of nitrogens with one attached hydrogen (secondary N) is 2. The molecule has 2 atom stereocenters. The SMILES string of the molecule is COCCN1CCN(C(=O)CNC2CC2c2cc(F)cc(F)c2OCc2cn[nH]c2)CC1. The molecule has 2 heterocycles. The maximum absolute atomic E-state index is 14.4. The van der Waals surface area contributed by atoms with Crippen molar-refractivity contribution >= 4 is 5.91 Å². The number of nitrogens with zero attached hydrogens (tertiary/aromatic N) is 3. The van der Waals surface area contributed by atoms with Gasteiger partial charge in [-0.15, -0.1) is 0 Å². The van der Waals surface area contributed by atoms with Gasteiger partial charge in [0.25, 0.3) is 0 Å². The highest BCUT2D eigenvalue weighted by Crippen LogP contribution is 2.46. The molecule has 1 aromatic heterocycles. The fraction of sp³-hybridized carbons (Fsp3) is 0.545.